The molecule has 6 heteroatoms. The summed E-state index contributed by atoms with van der Waals surface area (Å²) in [5, 5.41) is 19.2. The summed E-state index contributed by atoms with van der Waals surface area (Å²) < 4.78 is 1.57. The molecule has 122 valence electrons. The van der Waals surface area contributed by atoms with Crippen molar-refractivity contribution in [3.8, 4) is 0 Å². The zero-order chi connectivity index (χ0) is 15.8. The van der Waals surface area contributed by atoms with Gasteiger partial charge in [0.15, 0.2) is 0 Å². The van der Waals surface area contributed by atoms with Gasteiger partial charge in [-0.05, 0) is 0 Å². The van der Waals surface area contributed by atoms with E-state index in [0.717, 1.165) is 34.9 Å². The predicted molar refractivity (Wildman–Crippen MR) is 86.4 cm³/mol. The summed E-state index contributed by atoms with van der Waals surface area (Å²) in [6, 6.07) is 0. The number of nitrogens with zero attached hydrogens (tertiary/aromatic N) is 2. The quantitative estimate of drug-likeness (QED) is 0.338. The van der Waals surface area contributed by atoms with Gasteiger partial charge < -0.3 is 19.2 Å². The number of quaternary nitrogens is 2. The molecule has 2 N–H and O–H groups in total. The standard InChI is InChI=1S/C14H32Cl2N2O2/c1-17(2,11-13(19)9-15)7-5-6-8-18(3,4)12-14(20)10-16/h13-14,19-20H,5-12H2,1-4H3/q+2. The van der Waals surface area contributed by atoms with Gasteiger partial charge in [-0.25, -0.2) is 0 Å². The van der Waals surface area contributed by atoms with E-state index in [1.165, 1.54) is 0 Å². The number of hydrogen-bond donors (Lipinski definition) is 2. The lowest BCUT2D eigenvalue weighted by molar-refractivity contribution is -0.899. The average Bonchev–Trinajstić information content (AvgIpc) is 2.33. The topological polar surface area (TPSA) is 40.5 Å². The second kappa shape index (κ2) is 9.44. The fourth-order valence-corrected chi connectivity index (χ4v) is 2.70. The highest BCUT2D eigenvalue weighted by atomic mass is 35.5. The first-order valence-electron chi connectivity index (χ1n) is 7.24. The molecule has 0 fully saturated rings. The number of aliphatic hydroxyl groups excluding tert-OH is 2. The summed E-state index contributed by atoms with van der Waals surface area (Å²) in [7, 11) is 8.47. The minimum Gasteiger partial charge on any atom is -0.386 e. The molecule has 0 aliphatic heterocycles. The summed E-state index contributed by atoms with van der Waals surface area (Å²) in [4.78, 5) is 0. The van der Waals surface area contributed by atoms with Crippen LogP contribution in [0.3, 0.4) is 0 Å². The number of rotatable bonds is 11. The van der Waals surface area contributed by atoms with Crippen LogP contribution in [-0.4, -0.2) is 97.5 Å². The number of unbranched alkanes of at least 4 members (excludes halogenated alkanes) is 1. The maximum Gasteiger partial charge on any atom is 0.116 e. The number of alkyl halides is 2. The average molecular weight is 331 g/mol. The van der Waals surface area contributed by atoms with Crippen LogP contribution in [0.1, 0.15) is 12.8 Å². The maximum absolute atomic E-state index is 9.61. The Bertz CT molecular complexity index is 238. The highest BCUT2D eigenvalue weighted by Gasteiger charge is 2.22. The van der Waals surface area contributed by atoms with E-state index in [2.05, 4.69) is 28.2 Å². The van der Waals surface area contributed by atoms with Crippen LogP contribution in [0.2, 0.25) is 0 Å². The molecule has 0 spiro atoms. The van der Waals surface area contributed by atoms with Crippen LogP contribution in [-0.2, 0) is 0 Å². The van der Waals surface area contributed by atoms with Crippen molar-refractivity contribution >= 4 is 23.2 Å². The van der Waals surface area contributed by atoms with E-state index in [0.29, 0.717) is 24.8 Å². The van der Waals surface area contributed by atoms with E-state index in [9.17, 15) is 10.2 Å². The normalized spacial score (nSPS) is 16.2. The van der Waals surface area contributed by atoms with Gasteiger partial charge in [0.05, 0.1) is 53.0 Å². The SMILES string of the molecule is C[N+](C)(CCCC[N+](C)(C)CC(O)CCl)CC(O)CCl. The molecular weight excluding hydrogens is 299 g/mol. The monoisotopic (exact) mass is 330 g/mol. The van der Waals surface area contributed by atoms with Crippen molar-refractivity contribution < 1.29 is 19.2 Å². The van der Waals surface area contributed by atoms with E-state index in [4.69, 9.17) is 23.2 Å². The van der Waals surface area contributed by atoms with Crippen molar-refractivity contribution in [3.63, 3.8) is 0 Å². The van der Waals surface area contributed by atoms with Gasteiger partial charge in [-0.1, -0.05) is 0 Å². The molecule has 0 saturated carbocycles. The van der Waals surface area contributed by atoms with Crippen LogP contribution in [0.5, 0.6) is 0 Å². The Hall–Kier alpha value is 0.420. The molecule has 0 aliphatic rings. The molecule has 0 bridgehead atoms. The summed E-state index contributed by atoms with van der Waals surface area (Å²) in [5.41, 5.74) is 0. The van der Waals surface area contributed by atoms with Crippen LogP contribution in [0.15, 0.2) is 0 Å². The zero-order valence-electron chi connectivity index (χ0n) is 13.4. The lowest BCUT2D eigenvalue weighted by Crippen LogP contribution is -2.48. The number of likely N-dealkylation sites (N-methyl/N-ethyl adjacent to an activating group) is 2. The van der Waals surface area contributed by atoms with Crippen molar-refractivity contribution in [2.45, 2.75) is 25.0 Å². The minimum absolute atomic E-state index is 0.294. The molecule has 0 heterocycles. The first-order valence-corrected chi connectivity index (χ1v) is 8.31. The van der Waals surface area contributed by atoms with E-state index in [1.54, 1.807) is 0 Å². The van der Waals surface area contributed by atoms with Crippen LogP contribution in [0.25, 0.3) is 0 Å². The molecule has 0 aromatic carbocycles. The molecule has 0 amide bonds. The molecule has 20 heavy (non-hydrogen) atoms. The Balaban J connectivity index is 3.94. The van der Waals surface area contributed by atoms with Crippen molar-refractivity contribution in [1.29, 1.82) is 0 Å². The Morgan fingerprint density at radius 3 is 1.30 bits per heavy atom. The second-order valence-electron chi connectivity index (χ2n) is 7.01. The van der Waals surface area contributed by atoms with Gasteiger partial charge in [0.25, 0.3) is 0 Å². The van der Waals surface area contributed by atoms with E-state index < -0.39 is 12.2 Å². The lowest BCUT2D eigenvalue weighted by atomic mass is 10.2. The molecule has 0 radical (unpaired) electrons. The largest absolute Gasteiger partial charge is 0.386 e. The highest BCUT2D eigenvalue weighted by molar-refractivity contribution is 6.18. The zero-order valence-corrected chi connectivity index (χ0v) is 14.9. The second-order valence-corrected chi connectivity index (χ2v) is 7.62. The third-order valence-electron chi connectivity index (χ3n) is 3.54. The first kappa shape index (κ1) is 20.4. The van der Waals surface area contributed by atoms with Crippen molar-refractivity contribution in [1.82, 2.24) is 0 Å². The van der Waals surface area contributed by atoms with Gasteiger partial charge >= 0.3 is 0 Å². The highest BCUT2D eigenvalue weighted by Crippen LogP contribution is 2.08. The smallest absolute Gasteiger partial charge is 0.116 e. The molecule has 0 aromatic rings. The molecule has 0 aromatic heterocycles. The summed E-state index contributed by atoms with van der Waals surface area (Å²) in [5.74, 6) is 0.587. The molecule has 2 unspecified atom stereocenters. The van der Waals surface area contributed by atoms with Gasteiger partial charge in [-0.2, -0.15) is 0 Å². The fourth-order valence-electron chi connectivity index (χ4n) is 2.50. The van der Waals surface area contributed by atoms with Crippen molar-refractivity contribution in [2.75, 3.05) is 66.1 Å². The van der Waals surface area contributed by atoms with Gasteiger partial charge in [0, 0.05) is 12.8 Å². The Morgan fingerprint density at radius 2 is 1.05 bits per heavy atom. The maximum atomic E-state index is 9.61. The summed E-state index contributed by atoms with van der Waals surface area (Å²) >= 11 is 11.3. The molecule has 0 saturated heterocycles. The molecule has 4 nitrogen and oxygen atoms in total. The Morgan fingerprint density at radius 1 is 0.750 bits per heavy atom. The fraction of sp³-hybridized carbons (Fsp3) is 1.00. The van der Waals surface area contributed by atoms with Gasteiger partial charge in [-0.3, -0.25) is 0 Å². The van der Waals surface area contributed by atoms with Gasteiger partial charge in [-0.15, -0.1) is 23.2 Å². The molecule has 2 atom stereocenters. The predicted octanol–water partition coefficient (Wildman–Crippen LogP) is 1.12. The van der Waals surface area contributed by atoms with Crippen molar-refractivity contribution in [3.05, 3.63) is 0 Å². The van der Waals surface area contributed by atoms with Crippen LogP contribution >= 0.6 is 23.2 Å². The summed E-state index contributed by atoms with van der Waals surface area (Å²) in [6.07, 6.45) is 1.33. The van der Waals surface area contributed by atoms with Gasteiger partial charge in [0.2, 0.25) is 0 Å². The number of halogens is 2. The van der Waals surface area contributed by atoms with Crippen LogP contribution in [0.4, 0.5) is 0 Å². The number of aliphatic hydroxyl groups is 2. The van der Waals surface area contributed by atoms with Crippen LogP contribution < -0.4 is 0 Å². The van der Waals surface area contributed by atoms with E-state index in [1.807, 2.05) is 0 Å². The van der Waals surface area contributed by atoms with E-state index in [-0.39, 0.29) is 0 Å². The third-order valence-corrected chi connectivity index (χ3v) is 4.26. The lowest BCUT2D eigenvalue weighted by Gasteiger charge is -2.33. The van der Waals surface area contributed by atoms with Crippen molar-refractivity contribution in [2.24, 2.45) is 0 Å². The Kier molecular flexibility index (Phi) is 9.64. The molecule has 0 rings (SSSR count). The van der Waals surface area contributed by atoms with Gasteiger partial charge in [0.1, 0.15) is 25.3 Å². The third kappa shape index (κ3) is 10.2. The Labute approximate surface area is 134 Å². The first-order chi connectivity index (χ1) is 9.12. The number of hydrogen-bond acceptors (Lipinski definition) is 2. The molecule has 0 aliphatic carbocycles. The summed E-state index contributed by atoms with van der Waals surface area (Å²) in [6.45, 7) is 3.41. The van der Waals surface area contributed by atoms with E-state index >= 15 is 0 Å². The van der Waals surface area contributed by atoms with Crippen LogP contribution in [0, 0.1) is 0 Å². The molecular formula is C14H32Cl2N2O2+2. The minimum atomic E-state index is -0.433.